The SMILES string of the molecule is C=C/C=C(OCCN(C(C)C)C(C)C)\C(F)=C/CC(=O)O. The molecule has 0 amide bonds. The molecule has 0 atom stereocenters. The average molecular weight is 299 g/mol. The first-order chi connectivity index (χ1) is 9.79. The number of nitrogens with zero attached hydrogens (tertiary/aromatic N) is 1. The Balaban J connectivity index is 4.60. The van der Waals surface area contributed by atoms with Crippen LogP contribution in [0.1, 0.15) is 34.1 Å². The Hall–Kier alpha value is -1.62. The van der Waals surface area contributed by atoms with E-state index in [1.165, 1.54) is 12.2 Å². The molecule has 0 unspecified atom stereocenters. The summed E-state index contributed by atoms with van der Waals surface area (Å²) in [6, 6.07) is 0.737. The monoisotopic (exact) mass is 299 g/mol. The third kappa shape index (κ3) is 8.30. The third-order valence-electron chi connectivity index (χ3n) is 2.89. The fraction of sp³-hybridized carbons (Fsp3) is 0.562. The van der Waals surface area contributed by atoms with Crippen molar-refractivity contribution in [2.45, 2.75) is 46.2 Å². The van der Waals surface area contributed by atoms with Crippen LogP contribution in [-0.4, -0.2) is 41.2 Å². The highest BCUT2D eigenvalue weighted by atomic mass is 19.1. The number of allylic oxidation sites excluding steroid dienone is 3. The second kappa shape index (κ2) is 10.2. The first-order valence-electron chi connectivity index (χ1n) is 7.08. The minimum Gasteiger partial charge on any atom is -0.489 e. The molecule has 0 saturated carbocycles. The Morgan fingerprint density at radius 2 is 1.90 bits per heavy atom. The molecule has 0 aromatic heterocycles. The molecule has 0 aliphatic rings. The van der Waals surface area contributed by atoms with Crippen molar-refractivity contribution in [2.75, 3.05) is 13.2 Å². The summed E-state index contributed by atoms with van der Waals surface area (Å²) in [6.07, 6.45) is 3.41. The number of ether oxygens (including phenoxy) is 1. The van der Waals surface area contributed by atoms with Crippen LogP contribution in [0.3, 0.4) is 0 Å². The summed E-state index contributed by atoms with van der Waals surface area (Å²) >= 11 is 0. The van der Waals surface area contributed by atoms with Crippen molar-refractivity contribution in [3.05, 3.63) is 36.4 Å². The smallest absolute Gasteiger partial charge is 0.307 e. The summed E-state index contributed by atoms with van der Waals surface area (Å²) in [5.41, 5.74) is 0. The largest absolute Gasteiger partial charge is 0.489 e. The highest BCUT2D eigenvalue weighted by Gasteiger charge is 2.14. The van der Waals surface area contributed by atoms with Gasteiger partial charge < -0.3 is 9.84 Å². The average Bonchev–Trinajstić information content (AvgIpc) is 2.38. The van der Waals surface area contributed by atoms with E-state index >= 15 is 0 Å². The number of hydrogen-bond donors (Lipinski definition) is 1. The zero-order chi connectivity index (χ0) is 16.4. The van der Waals surface area contributed by atoms with E-state index in [0.717, 1.165) is 6.08 Å². The molecule has 5 heteroatoms. The van der Waals surface area contributed by atoms with Crippen molar-refractivity contribution in [1.29, 1.82) is 0 Å². The molecule has 0 aliphatic heterocycles. The lowest BCUT2D eigenvalue weighted by molar-refractivity contribution is -0.136. The van der Waals surface area contributed by atoms with E-state index < -0.39 is 11.8 Å². The van der Waals surface area contributed by atoms with Crippen LogP contribution in [0, 0.1) is 0 Å². The molecule has 1 N–H and O–H groups in total. The Morgan fingerprint density at radius 1 is 1.33 bits per heavy atom. The van der Waals surface area contributed by atoms with Gasteiger partial charge >= 0.3 is 5.97 Å². The van der Waals surface area contributed by atoms with Gasteiger partial charge in [-0.15, -0.1) is 0 Å². The minimum atomic E-state index is -1.09. The minimum absolute atomic E-state index is 0.0127. The maximum atomic E-state index is 13.8. The van der Waals surface area contributed by atoms with Gasteiger partial charge in [0.2, 0.25) is 0 Å². The van der Waals surface area contributed by atoms with E-state index in [2.05, 4.69) is 39.2 Å². The van der Waals surface area contributed by atoms with E-state index in [-0.39, 0.29) is 12.2 Å². The molecule has 0 spiro atoms. The van der Waals surface area contributed by atoms with Crippen LogP contribution in [-0.2, 0) is 9.53 Å². The molecule has 0 heterocycles. The normalized spacial score (nSPS) is 13.1. The summed E-state index contributed by atoms with van der Waals surface area (Å²) in [4.78, 5) is 12.7. The number of carboxylic acid groups (broad SMARTS) is 1. The van der Waals surface area contributed by atoms with Crippen LogP contribution in [0.25, 0.3) is 0 Å². The quantitative estimate of drug-likeness (QED) is 0.495. The summed E-state index contributed by atoms with van der Waals surface area (Å²) in [6.45, 7) is 12.9. The molecule has 0 saturated heterocycles. The molecule has 0 aromatic rings. The maximum Gasteiger partial charge on any atom is 0.307 e. The van der Waals surface area contributed by atoms with Gasteiger partial charge in [0, 0.05) is 18.6 Å². The van der Waals surface area contributed by atoms with Gasteiger partial charge in [-0.3, -0.25) is 9.69 Å². The predicted molar refractivity (Wildman–Crippen MR) is 82.7 cm³/mol. The van der Waals surface area contributed by atoms with E-state index in [0.29, 0.717) is 25.2 Å². The number of rotatable bonds is 10. The molecule has 0 aromatic carbocycles. The molecule has 0 rings (SSSR count). The third-order valence-corrected chi connectivity index (χ3v) is 2.89. The lowest BCUT2D eigenvalue weighted by Gasteiger charge is -2.30. The first-order valence-corrected chi connectivity index (χ1v) is 7.08. The number of carbonyl (C=O) groups is 1. The van der Waals surface area contributed by atoms with Crippen LogP contribution in [0.15, 0.2) is 36.4 Å². The van der Waals surface area contributed by atoms with Gasteiger partial charge in [-0.05, 0) is 39.8 Å². The number of hydrogen-bond acceptors (Lipinski definition) is 3. The molecule has 0 fully saturated rings. The van der Waals surface area contributed by atoms with Crippen molar-refractivity contribution >= 4 is 5.97 Å². The van der Waals surface area contributed by atoms with E-state index in [1.807, 2.05) is 0 Å². The summed E-state index contributed by atoms with van der Waals surface area (Å²) in [7, 11) is 0. The maximum absolute atomic E-state index is 13.8. The first kappa shape index (κ1) is 19.4. The van der Waals surface area contributed by atoms with Gasteiger partial charge in [-0.1, -0.05) is 12.7 Å². The fourth-order valence-corrected chi connectivity index (χ4v) is 1.95. The van der Waals surface area contributed by atoms with Crippen molar-refractivity contribution in [3.63, 3.8) is 0 Å². The van der Waals surface area contributed by atoms with Crippen LogP contribution < -0.4 is 0 Å². The summed E-state index contributed by atoms with van der Waals surface area (Å²) in [5.74, 6) is -1.76. The molecule has 0 radical (unpaired) electrons. The fourth-order valence-electron chi connectivity index (χ4n) is 1.95. The second-order valence-corrected chi connectivity index (χ2v) is 5.19. The lowest BCUT2D eigenvalue weighted by Crippen LogP contribution is -2.39. The van der Waals surface area contributed by atoms with Gasteiger partial charge in [0.1, 0.15) is 6.61 Å². The Bertz CT molecular complexity index is 392. The highest BCUT2D eigenvalue weighted by Crippen LogP contribution is 2.15. The van der Waals surface area contributed by atoms with Crippen molar-refractivity contribution in [2.24, 2.45) is 0 Å². The van der Waals surface area contributed by atoms with Gasteiger partial charge in [-0.2, -0.15) is 0 Å². The van der Waals surface area contributed by atoms with E-state index in [9.17, 15) is 9.18 Å². The van der Waals surface area contributed by atoms with Gasteiger partial charge in [0.25, 0.3) is 0 Å². The topological polar surface area (TPSA) is 49.8 Å². The predicted octanol–water partition coefficient (Wildman–Crippen LogP) is 3.52. The van der Waals surface area contributed by atoms with Crippen LogP contribution >= 0.6 is 0 Å². The number of aliphatic carboxylic acids is 1. The standard InChI is InChI=1S/C16H26FNO3/c1-6-7-15(14(17)8-9-16(19)20)21-11-10-18(12(2)3)13(4)5/h6-8,12-13H,1,9-11H2,2-5H3,(H,19,20)/b14-8+,15-7+. The second-order valence-electron chi connectivity index (χ2n) is 5.19. The van der Waals surface area contributed by atoms with Gasteiger partial charge in [0.15, 0.2) is 11.6 Å². The zero-order valence-corrected chi connectivity index (χ0v) is 13.3. The van der Waals surface area contributed by atoms with E-state index in [4.69, 9.17) is 9.84 Å². The molecule has 0 aliphatic carbocycles. The molecule has 4 nitrogen and oxygen atoms in total. The van der Waals surface area contributed by atoms with Gasteiger partial charge in [-0.25, -0.2) is 4.39 Å². The molecular formula is C16H26FNO3. The summed E-state index contributed by atoms with van der Waals surface area (Å²) in [5, 5.41) is 8.55. The molecule has 21 heavy (non-hydrogen) atoms. The van der Waals surface area contributed by atoms with Crippen LogP contribution in [0.5, 0.6) is 0 Å². The van der Waals surface area contributed by atoms with Crippen LogP contribution in [0.2, 0.25) is 0 Å². The molecular weight excluding hydrogens is 273 g/mol. The van der Waals surface area contributed by atoms with Crippen molar-refractivity contribution in [1.82, 2.24) is 4.90 Å². The van der Waals surface area contributed by atoms with Crippen molar-refractivity contribution < 1.29 is 19.0 Å². The summed E-state index contributed by atoms with van der Waals surface area (Å²) < 4.78 is 19.2. The van der Waals surface area contributed by atoms with Crippen molar-refractivity contribution in [3.8, 4) is 0 Å². The number of carboxylic acids is 1. The Morgan fingerprint density at radius 3 is 2.33 bits per heavy atom. The van der Waals surface area contributed by atoms with Gasteiger partial charge in [0.05, 0.1) is 6.42 Å². The molecule has 0 bridgehead atoms. The zero-order valence-electron chi connectivity index (χ0n) is 13.3. The molecule has 120 valence electrons. The number of halogens is 1. The Labute approximate surface area is 126 Å². The lowest BCUT2D eigenvalue weighted by atomic mass is 10.2. The Kier molecular flexibility index (Phi) is 9.37. The van der Waals surface area contributed by atoms with Crippen LogP contribution in [0.4, 0.5) is 4.39 Å². The highest BCUT2D eigenvalue weighted by molar-refractivity contribution is 5.68. The van der Waals surface area contributed by atoms with E-state index in [1.54, 1.807) is 0 Å².